The molecule has 0 aliphatic rings. The van der Waals surface area contributed by atoms with Crippen LogP contribution in [-0.2, 0) is 0 Å². The van der Waals surface area contributed by atoms with Crippen LogP contribution in [0.15, 0.2) is 87.6 Å². The van der Waals surface area contributed by atoms with Crippen LogP contribution in [0.3, 0.4) is 0 Å². The van der Waals surface area contributed by atoms with Crippen LogP contribution in [0, 0.1) is 18.8 Å². The largest absolute Gasteiger partial charge is 0.422 e. The van der Waals surface area contributed by atoms with Crippen LogP contribution >= 0.6 is 11.3 Å². The van der Waals surface area contributed by atoms with Crippen molar-refractivity contribution < 1.29 is 13.2 Å². The molecule has 0 saturated carbocycles. The van der Waals surface area contributed by atoms with Crippen molar-refractivity contribution in [3.8, 4) is 22.4 Å². The van der Waals surface area contributed by atoms with E-state index in [4.69, 9.17) is 4.42 Å². The molecule has 0 fully saturated rings. The van der Waals surface area contributed by atoms with Crippen LogP contribution in [0.25, 0.3) is 31.8 Å². The molecule has 0 aliphatic carbocycles. The fourth-order valence-electron chi connectivity index (χ4n) is 3.43. The highest BCUT2D eigenvalue weighted by atomic mass is 32.1. The molecule has 0 aliphatic heterocycles. The van der Waals surface area contributed by atoms with E-state index in [2.05, 4.69) is 35.9 Å². The molecule has 0 radical (unpaired) electrons. The van der Waals surface area contributed by atoms with E-state index in [1.807, 2.05) is 73.6 Å². The average molecular weight is 529 g/mol. The van der Waals surface area contributed by atoms with E-state index in [0.29, 0.717) is 16.2 Å². The van der Waals surface area contributed by atoms with Crippen molar-refractivity contribution in [2.45, 2.75) is 20.8 Å². The number of halogens is 2. The molecule has 5 aromatic rings. The van der Waals surface area contributed by atoms with Gasteiger partial charge in [0.25, 0.3) is 0 Å². The Labute approximate surface area is 223 Å². The Morgan fingerprint density at radius 3 is 2.21 bits per heavy atom. The first-order valence-electron chi connectivity index (χ1n) is 11.8. The van der Waals surface area contributed by atoms with Crippen LogP contribution in [-0.4, -0.2) is 19.1 Å². The fraction of sp³-hybridized carbons (Fsp3) is 0.161. The third kappa shape index (κ3) is 6.34. The Kier molecular flexibility index (Phi) is 8.04. The summed E-state index contributed by atoms with van der Waals surface area (Å²) in [6, 6.07) is 21.8. The summed E-state index contributed by atoms with van der Waals surface area (Å²) in [6.45, 7) is 4.22. The SMILES string of the molecule is CC(F)=C(C)F.Cc1ccc(C#Cc2ccc3nc(-c4cc5ccc(N(C)C)cc5oc4=O)sc3c2)cc1. The minimum atomic E-state index is -0.741. The highest BCUT2D eigenvalue weighted by Crippen LogP contribution is 2.31. The van der Waals surface area contributed by atoms with E-state index in [-0.39, 0.29) is 5.63 Å². The predicted octanol–water partition coefficient (Wildman–Crippen LogP) is 8.02. The second kappa shape index (κ2) is 11.4. The Bertz CT molecular complexity index is 1750. The Morgan fingerprint density at radius 2 is 1.55 bits per heavy atom. The number of aromatic nitrogens is 1. The van der Waals surface area contributed by atoms with Crippen molar-refractivity contribution in [2.75, 3.05) is 19.0 Å². The van der Waals surface area contributed by atoms with Gasteiger partial charge in [-0.1, -0.05) is 29.5 Å². The van der Waals surface area contributed by atoms with Crippen molar-refractivity contribution in [1.29, 1.82) is 0 Å². The molecule has 0 spiro atoms. The lowest BCUT2D eigenvalue weighted by molar-refractivity contribution is 0.539. The van der Waals surface area contributed by atoms with E-state index in [1.54, 1.807) is 0 Å². The normalized spacial score (nSPS) is 11.3. The second-order valence-corrected chi connectivity index (χ2v) is 9.98. The molecule has 2 heterocycles. The van der Waals surface area contributed by atoms with E-state index >= 15 is 0 Å². The number of benzene rings is 3. The van der Waals surface area contributed by atoms with Gasteiger partial charge in [-0.05, 0) is 69.3 Å². The van der Waals surface area contributed by atoms with Crippen LogP contribution in [0.2, 0.25) is 0 Å². The summed E-state index contributed by atoms with van der Waals surface area (Å²) >= 11 is 1.47. The van der Waals surface area contributed by atoms with Gasteiger partial charge in [-0.15, -0.1) is 11.3 Å². The van der Waals surface area contributed by atoms with E-state index in [1.165, 1.54) is 16.9 Å². The zero-order valence-electron chi connectivity index (χ0n) is 21.7. The van der Waals surface area contributed by atoms with E-state index in [9.17, 15) is 13.6 Å². The maximum absolute atomic E-state index is 12.7. The summed E-state index contributed by atoms with van der Waals surface area (Å²) < 4.78 is 29.3. The molecule has 0 amide bonds. The van der Waals surface area contributed by atoms with E-state index in [0.717, 1.165) is 46.3 Å². The van der Waals surface area contributed by atoms with Crippen LogP contribution in [0.4, 0.5) is 14.5 Å². The molecule has 0 N–H and O–H groups in total. The summed E-state index contributed by atoms with van der Waals surface area (Å²) in [4.78, 5) is 19.3. The van der Waals surface area contributed by atoms with Crippen molar-refractivity contribution in [1.82, 2.24) is 4.98 Å². The summed E-state index contributed by atoms with van der Waals surface area (Å²) in [5.74, 6) is 4.93. The molecular weight excluding hydrogens is 502 g/mol. The number of fused-ring (bicyclic) bond motifs is 2. The third-order valence-corrected chi connectivity index (χ3v) is 6.78. The van der Waals surface area contributed by atoms with Gasteiger partial charge in [0.15, 0.2) is 0 Å². The van der Waals surface area contributed by atoms with Gasteiger partial charge in [-0.3, -0.25) is 0 Å². The number of hydrogen-bond donors (Lipinski definition) is 0. The molecule has 0 bridgehead atoms. The number of rotatable bonds is 2. The summed E-state index contributed by atoms with van der Waals surface area (Å²) in [5, 5.41) is 1.52. The third-order valence-electron chi connectivity index (χ3n) is 5.73. The Morgan fingerprint density at radius 1 is 0.895 bits per heavy atom. The monoisotopic (exact) mass is 528 g/mol. The van der Waals surface area contributed by atoms with Gasteiger partial charge in [0.2, 0.25) is 0 Å². The Hall–Kier alpha value is -4.28. The number of allylic oxidation sites excluding steroid dienone is 2. The van der Waals surface area contributed by atoms with E-state index < -0.39 is 11.7 Å². The van der Waals surface area contributed by atoms with Crippen LogP contribution in [0.5, 0.6) is 0 Å². The molecule has 7 heteroatoms. The van der Waals surface area contributed by atoms with Gasteiger partial charge >= 0.3 is 5.63 Å². The minimum Gasteiger partial charge on any atom is -0.422 e. The molecule has 4 nitrogen and oxygen atoms in total. The zero-order chi connectivity index (χ0) is 27.4. The number of thiazole rings is 1. The van der Waals surface area contributed by atoms with Crippen LogP contribution in [0.1, 0.15) is 30.5 Å². The highest BCUT2D eigenvalue weighted by molar-refractivity contribution is 7.21. The van der Waals surface area contributed by atoms with Gasteiger partial charge in [0.1, 0.15) is 22.2 Å². The first-order chi connectivity index (χ1) is 18.1. The first-order valence-corrected chi connectivity index (χ1v) is 12.7. The minimum absolute atomic E-state index is 0.383. The standard InChI is InChI=1S/C27H20N2O2S.C4H6F2/c1-17-4-6-18(7-5-17)8-9-19-10-13-23-25(14-19)32-26(28-23)22-15-20-11-12-21(29(2)3)16-24(20)31-27(22)30;1-3(5)4(2)6/h4-7,10-16H,1-3H3;1-2H3. The summed E-state index contributed by atoms with van der Waals surface area (Å²) in [6.07, 6.45) is 0. The molecule has 192 valence electrons. The van der Waals surface area contributed by atoms with Gasteiger partial charge < -0.3 is 9.32 Å². The first kappa shape index (κ1) is 26.8. The smallest absolute Gasteiger partial charge is 0.346 e. The maximum Gasteiger partial charge on any atom is 0.346 e. The van der Waals surface area contributed by atoms with Crippen molar-refractivity contribution in [3.63, 3.8) is 0 Å². The van der Waals surface area contributed by atoms with Crippen LogP contribution < -0.4 is 10.5 Å². The lowest BCUT2D eigenvalue weighted by atomic mass is 10.1. The van der Waals surface area contributed by atoms with Gasteiger partial charge in [-0.2, -0.15) is 0 Å². The summed E-state index contributed by atoms with van der Waals surface area (Å²) in [7, 11) is 3.91. The summed E-state index contributed by atoms with van der Waals surface area (Å²) in [5.41, 5.74) is 5.59. The molecular formula is C31H26F2N2O2S. The lowest BCUT2D eigenvalue weighted by Gasteiger charge is -2.12. The molecule has 38 heavy (non-hydrogen) atoms. The molecule has 0 atom stereocenters. The lowest BCUT2D eigenvalue weighted by Crippen LogP contribution is -2.08. The highest BCUT2D eigenvalue weighted by Gasteiger charge is 2.13. The van der Waals surface area contributed by atoms with Gasteiger partial charge in [0, 0.05) is 42.4 Å². The molecule has 2 aromatic heterocycles. The van der Waals surface area contributed by atoms with Crippen molar-refractivity contribution in [2.24, 2.45) is 0 Å². The second-order valence-electron chi connectivity index (χ2n) is 8.95. The van der Waals surface area contributed by atoms with Crippen molar-refractivity contribution in [3.05, 3.63) is 105 Å². The molecule has 5 rings (SSSR count). The predicted molar refractivity (Wildman–Crippen MR) is 153 cm³/mol. The average Bonchev–Trinajstić information content (AvgIpc) is 3.31. The van der Waals surface area contributed by atoms with Gasteiger partial charge in [0.05, 0.1) is 15.8 Å². The topological polar surface area (TPSA) is 46.3 Å². The number of anilines is 1. The number of nitrogens with zero attached hydrogens (tertiary/aromatic N) is 2. The van der Waals surface area contributed by atoms with Crippen molar-refractivity contribution >= 4 is 38.2 Å². The zero-order valence-corrected chi connectivity index (χ0v) is 22.5. The molecule has 0 saturated heterocycles. The number of aryl methyl sites for hydroxylation is 1. The Balaban J connectivity index is 0.000000505. The van der Waals surface area contributed by atoms with Gasteiger partial charge in [-0.25, -0.2) is 18.6 Å². The molecule has 0 unspecified atom stereocenters. The fourth-order valence-corrected chi connectivity index (χ4v) is 4.43. The maximum atomic E-state index is 12.7. The quantitative estimate of drug-likeness (QED) is 0.172. The molecule has 3 aromatic carbocycles. The number of hydrogen-bond acceptors (Lipinski definition) is 5.